The number of hydrogen-bond acceptors (Lipinski definition) is 3. The summed E-state index contributed by atoms with van der Waals surface area (Å²) in [5.74, 6) is 1.76. The molecule has 1 aromatic heterocycles. The molecular weight excluding hydrogens is 260 g/mol. The molecule has 0 amide bonds. The summed E-state index contributed by atoms with van der Waals surface area (Å²) in [6.45, 7) is 7.15. The first-order chi connectivity index (χ1) is 10.1. The summed E-state index contributed by atoms with van der Waals surface area (Å²) in [6, 6.07) is 7.01. The largest absolute Gasteiger partial charge is 0.455 e. The molecule has 3 rings (SSSR count). The zero-order valence-electron chi connectivity index (χ0n) is 12.9. The zero-order valence-corrected chi connectivity index (χ0v) is 12.9. The van der Waals surface area contributed by atoms with Crippen LogP contribution in [0.3, 0.4) is 0 Å². The average molecular weight is 282 g/mol. The first kappa shape index (κ1) is 14.1. The van der Waals surface area contributed by atoms with E-state index in [4.69, 9.17) is 4.74 Å². The molecule has 1 aliphatic carbocycles. The highest BCUT2D eigenvalue weighted by molar-refractivity contribution is 5.46. The van der Waals surface area contributed by atoms with Crippen LogP contribution in [0, 0.1) is 20.8 Å². The van der Waals surface area contributed by atoms with E-state index < -0.39 is 0 Å². The van der Waals surface area contributed by atoms with Gasteiger partial charge in [0.25, 0.3) is 0 Å². The number of nitrogens with one attached hydrogen (secondary N) is 1. The van der Waals surface area contributed by atoms with E-state index in [-0.39, 0.29) is 0 Å². The third-order valence-corrected chi connectivity index (χ3v) is 4.04. The molecule has 3 nitrogen and oxygen atoms in total. The Hall–Kier alpha value is -1.87. The van der Waals surface area contributed by atoms with Crippen LogP contribution in [0.4, 0.5) is 0 Å². The molecule has 0 radical (unpaired) electrons. The van der Waals surface area contributed by atoms with Crippen LogP contribution in [-0.2, 0) is 6.54 Å². The van der Waals surface area contributed by atoms with Crippen LogP contribution in [0.15, 0.2) is 30.6 Å². The van der Waals surface area contributed by atoms with E-state index in [1.807, 2.05) is 6.20 Å². The van der Waals surface area contributed by atoms with Crippen molar-refractivity contribution in [1.29, 1.82) is 0 Å². The van der Waals surface area contributed by atoms with Crippen LogP contribution in [-0.4, -0.2) is 11.0 Å². The minimum Gasteiger partial charge on any atom is -0.455 e. The first-order valence-electron chi connectivity index (χ1n) is 7.55. The minimum atomic E-state index is 0.704. The lowest BCUT2D eigenvalue weighted by Gasteiger charge is -2.14. The SMILES string of the molecule is Cc1ccc(C)c(Oc2cncc(CNC3CC3)c2)c1C. The monoisotopic (exact) mass is 282 g/mol. The Labute approximate surface area is 126 Å². The molecule has 1 aliphatic rings. The number of rotatable bonds is 5. The van der Waals surface area contributed by atoms with Crippen LogP contribution in [0.25, 0.3) is 0 Å². The molecule has 1 aromatic carbocycles. The van der Waals surface area contributed by atoms with Gasteiger partial charge in [-0.15, -0.1) is 0 Å². The second kappa shape index (κ2) is 5.86. The van der Waals surface area contributed by atoms with Gasteiger partial charge in [0.05, 0.1) is 6.20 Å². The molecule has 110 valence electrons. The summed E-state index contributed by atoms with van der Waals surface area (Å²) >= 11 is 0. The number of aromatic nitrogens is 1. The maximum absolute atomic E-state index is 6.09. The normalized spacial score (nSPS) is 14.2. The maximum Gasteiger partial charge on any atom is 0.146 e. The van der Waals surface area contributed by atoms with E-state index in [1.165, 1.54) is 29.5 Å². The molecule has 1 N–H and O–H groups in total. The molecule has 3 heteroatoms. The lowest BCUT2D eigenvalue weighted by Crippen LogP contribution is -2.15. The Morgan fingerprint density at radius 1 is 1.14 bits per heavy atom. The molecule has 0 spiro atoms. The van der Waals surface area contributed by atoms with Crippen LogP contribution in [0.2, 0.25) is 0 Å². The molecule has 0 bridgehead atoms. The third kappa shape index (κ3) is 3.42. The molecule has 21 heavy (non-hydrogen) atoms. The number of pyridine rings is 1. The van der Waals surface area contributed by atoms with Crippen LogP contribution in [0.1, 0.15) is 35.1 Å². The molecule has 0 unspecified atom stereocenters. The fraction of sp³-hybridized carbons (Fsp3) is 0.389. The summed E-state index contributed by atoms with van der Waals surface area (Å²) < 4.78 is 6.09. The van der Waals surface area contributed by atoms with Crippen molar-refractivity contribution in [1.82, 2.24) is 10.3 Å². The fourth-order valence-electron chi connectivity index (χ4n) is 2.37. The van der Waals surface area contributed by atoms with Crippen molar-refractivity contribution in [2.24, 2.45) is 0 Å². The van der Waals surface area contributed by atoms with E-state index in [2.05, 4.69) is 49.3 Å². The Kier molecular flexibility index (Phi) is 3.93. The van der Waals surface area contributed by atoms with Crippen molar-refractivity contribution in [2.75, 3.05) is 0 Å². The minimum absolute atomic E-state index is 0.704. The lowest BCUT2D eigenvalue weighted by molar-refractivity contribution is 0.471. The third-order valence-electron chi connectivity index (χ3n) is 4.04. The van der Waals surface area contributed by atoms with Gasteiger partial charge in [-0.1, -0.05) is 12.1 Å². The number of nitrogens with zero attached hydrogens (tertiary/aromatic N) is 1. The number of aryl methyl sites for hydroxylation is 2. The number of hydrogen-bond donors (Lipinski definition) is 1. The predicted octanol–water partition coefficient (Wildman–Crippen LogP) is 4.05. The van der Waals surface area contributed by atoms with Crippen LogP contribution >= 0.6 is 0 Å². The predicted molar refractivity (Wildman–Crippen MR) is 84.8 cm³/mol. The van der Waals surface area contributed by atoms with E-state index in [1.54, 1.807) is 6.20 Å². The summed E-state index contributed by atoms with van der Waals surface area (Å²) in [5, 5.41) is 3.50. The van der Waals surface area contributed by atoms with E-state index in [0.29, 0.717) is 6.04 Å². The van der Waals surface area contributed by atoms with Gasteiger partial charge in [-0.3, -0.25) is 4.98 Å². The molecular formula is C18H22N2O. The fourth-order valence-corrected chi connectivity index (χ4v) is 2.37. The maximum atomic E-state index is 6.09. The summed E-state index contributed by atoms with van der Waals surface area (Å²) in [5.41, 5.74) is 4.76. The van der Waals surface area contributed by atoms with Crippen molar-refractivity contribution in [2.45, 2.75) is 46.2 Å². The van der Waals surface area contributed by atoms with E-state index >= 15 is 0 Å². The van der Waals surface area contributed by atoms with Gasteiger partial charge in [0.15, 0.2) is 0 Å². The highest BCUT2D eigenvalue weighted by Crippen LogP contribution is 2.30. The molecule has 0 atom stereocenters. The van der Waals surface area contributed by atoms with E-state index in [9.17, 15) is 0 Å². The first-order valence-corrected chi connectivity index (χ1v) is 7.55. The molecule has 1 fully saturated rings. The van der Waals surface area contributed by atoms with Gasteiger partial charge in [-0.25, -0.2) is 0 Å². The highest BCUT2D eigenvalue weighted by Gasteiger charge is 2.20. The van der Waals surface area contributed by atoms with Gasteiger partial charge < -0.3 is 10.1 Å². The molecule has 0 saturated heterocycles. The molecule has 2 aromatic rings. The van der Waals surface area contributed by atoms with Crippen molar-refractivity contribution < 1.29 is 4.74 Å². The number of ether oxygens (including phenoxy) is 1. The van der Waals surface area contributed by atoms with Crippen molar-refractivity contribution >= 4 is 0 Å². The second-order valence-corrected chi connectivity index (χ2v) is 5.94. The number of benzene rings is 1. The zero-order chi connectivity index (χ0) is 14.8. The Balaban J connectivity index is 1.78. The van der Waals surface area contributed by atoms with Crippen molar-refractivity contribution in [3.8, 4) is 11.5 Å². The van der Waals surface area contributed by atoms with Crippen LogP contribution in [0.5, 0.6) is 11.5 Å². The molecule has 1 saturated carbocycles. The standard InChI is InChI=1S/C18H22N2O/c1-12-4-5-13(2)18(14(12)3)21-17-8-15(9-19-11-17)10-20-16-6-7-16/h4-5,8-9,11,16,20H,6-7,10H2,1-3H3. The van der Waals surface area contributed by atoms with E-state index in [0.717, 1.165) is 23.6 Å². The van der Waals surface area contributed by atoms with Gasteiger partial charge in [-0.05, 0) is 61.9 Å². The topological polar surface area (TPSA) is 34.1 Å². The lowest BCUT2D eigenvalue weighted by atomic mass is 10.1. The average Bonchev–Trinajstić information content (AvgIpc) is 3.30. The van der Waals surface area contributed by atoms with Crippen molar-refractivity contribution in [3.05, 3.63) is 52.8 Å². The highest BCUT2D eigenvalue weighted by atomic mass is 16.5. The molecule has 1 heterocycles. The molecule has 0 aliphatic heterocycles. The summed E-state index contributed by atoms with van der Waals surface area (Å²) in [4.78, 5) is 4.30. The van der Waals surface area contributed by atoms with Gasteiger partial charge in [-0.2, -0.15) is 0 Å². The Morgan fingerprint density at radius 3 is 2.67 bits per heavy atom. The van der Waals surface area contributed by atoms with Gasteiger partial charge >= 0.3 is 0 Å². The van der Waals surface area contributed by atoms with Gasteiger partial charge in [0.2, 0.25) is 0 Å². The second-order valence-electron chi connectivity index (χ2n) is 5.94. The van der Waals surface area contributed by atoms with Crippen molar-refractivity contribution in [3.63, 3.8) is 0 Å². The Morgan fingerprint density at radius 2 is 1.90 bits per heavy atom. The quantitative estimate of drug-likeness (QED) is 0.898. The smallest absolute Gasteiger partial charge is 0.146 e. The summed E-state index contributed by atoms with van der Waals surface area (Å²) in [6.07, 6.45) is 6.27. The summed E-state index contributed by atoms with van der Waals surface area (Å²) in [7, 11) is 0. The van der Waals surface area contributed by atoms with Gasteiger partial charge in [0.1, 0.15) is 11.5 Å². The van der Waals surface area contributed by atoms with Crippen LogP contribution < -0.4 is 10.1 Å². The Bertz CT molecular complexity index is 648. The van der Waals surface area contributed by atoms with Gasteiger partial charge in [0, 0.05) is 18.8 Å².